The molecule has 0 saturated heterocycles. The van der Waals surface area contributed by atoms with Gasteiger partial charge in [-0.3, -0.25) is 4.79 Å². The summed E-state index contributed by atoms with van der Waals surface area (Å²) in [6.45, 7) is 2.27. The highest BCUT2D eigenvalue weighted by Gasteiger charge is 2.06. The maximum atomic E-state index is 10.4. The second-order valence-corrected chi connectivity index (χ2v) is 7.88. The van der Waals surface area contributed by atoms with Crippen LogP contribution in [0.1, 0.15) is 129 Å². The average molecular weight is 371 g/mol. The van der Waals surface area contributed by atoms with Gasteiger partial charge in [-0.25, -0.2) is 0 Å². The molecule has 1 atom stereocenters. The topological polar surface area (TPSA) is 46.5 Å². The number of carboxylic acids is 1. The summed E-state index contributed by atoms with van der Waals surface area (Å²) in [5.74, 6) is -0.662. The van der Waals surface area contributed by atoms with E-state index in [0.717, 1.165) is 12.8 Å². The monoisotopic (exact) mass is 370 g/mol. The molecule has 0 spiro atoms. The van der Waals surface area contributed by atoms with Crippen molar-refractivity contribution >= 4 is 5.97 Å². The zero-order chi connectivity index (χ0) is 19.3. The lowest BCUT2D eigenvalue weighted by molar-refractivity contribution is -0.137. The van der Waals surface area contributed by atoms with E-state index in [1.165, 1.54) is 103 Å². The van der Waals surface area contributed by atoms with Crippen molar-refractivity contribution in [3.05, 3.63) is 0 Å². The Morgan fingerprint density at radius 2 is 1.08 bits per heavy atom. The van der Waals surface area contributed by atoms with E-state index in [-0.39, 0.29) is 0 Å². The van der Waals surface area contributed by atoms with E-state index in [4.69, 9.17) is 9.84 Å². The summed E-state index contributed by atoms with van der Waals surface area (Å²) in [4.78, 5) is 10.4. The zero-order valence-electron chi connectivity index (χ0n) is 17.8. The van der Waals surface area contributed by atoms with Crippen molar-refractivity contribution in [2.75, 3.05) is 7.11 Å². The van der Waals surface area contributed by atoms with Crippen LogP contribution in [0.5, 0.6) is 0 Å². The predicted molar refractivity (Wildman–Crippen MR) is 112 cm³/mol. The largest absolute Gasteiger partial charge is 0.481 e. The number of carbonyl (C=O) groups is 1. The van der Waals surface area contributed by atoms with Crippen molar-refractivity contribution < 1.29 is 14.6 Å². The molecule has 3 nitrogen and oxygen atoms in total. The summed E-state index contributed by atoms with van der Waals surface area (Å²) in [5, 5.41) is 8.59. The van der Waals surface area contributed by atoms with E-state index in [0.29, 0.717) is 12.5 Å². The summed E-state index contributed by atoms with van der Waals surface area (Å²) in [6.07, 6.45) is 23.9. The van der Waals surface area contributed by atoms with Crippen molar-refractivity contribution in [2.24, 2.45) is 0 Å². The Hall–Kier alpha value is -0.570. The number of methoxy groups -OCH3 is 1. The van der Waals surface area contributed by atoms with Gasteiger partial charge in [-0.05, 0) is 19.3 Å². The Morgan fingerprint density at radius 3 is 1.46 bits per heavy atom. The van der Waals surface area contributed by atoms with Crippen molar-refractivity contribution in [3.8, 4) is 0 Å². The number of unbranched alkanes of at least 4 members (excludes halogenated alkanes) is 14. The van der Waals surface area contributed by atoms with E-state index < -0.39 is 5.97 Å². The fourth-order valence-corrected chi connectivity index (χ4v) is 3.59. The minimum absolute atomic E-state index is 0.331. The Bertz CT molecular complexity index is 291. The number of ether oxygens (including phenoxy) is 1. The van der Waals surface area contributed by atoms with Gasteiger partial charge in [-0.2, -0.15) is 0 Å². The molecule has 1 N–H and O–H groups in total. The first-order valence-corrected chi connectivity index (χ1v) is 11.4. The molecule has 0 saturated carbocycles. The van der Waals surface area contributed by atoms with Crippen LogP contribution in [-0.4, -0.2) is 24.3 Å². The molecule has 0 fully saturated rings. The molecule has 0 amide bonds. The normalized spacial score (nSPS) is 12.4. The third-order valence-corrected chi connectivity index (χ3v) is 5.38. The third kappa shape index (κ3) is 19.8. The van der Waals surface area contributed by atoms with Crippen LogP contribution in [0.4, 0.5) is 0 Å². The van der Waals surface area contributed by atoms with Crippen LogP contribution in [-0.2, 0) is 9.53 Å². The maximum absolute atomic E-state index is 10.4. The molecule has 156 valence electrons. The van der Waals surface area contributed by atoms with Gasteiger partial charge in [0, 0.05) is 13.5 Å². The summed E-state index contributed by atoms with van der Waals surface area (Å²) in [7, 11) is 1.87. The lowest BCUT2D eigenvalue weighted by atomic mass is 10.0. The van der Waals surface area contributed by atoms with Crippen LogP contribution >= 0.6 is 0 Å². The van der Waals surface area contributed by atoms with Gasteiger partial charge in [-0.1, -0.05) is 103 Å². The summed E-state index contributed by atoms with van der Waals surface area (Å²) in [6, 6.07) is 0. The molecule has 0 radical (unpaired) electrons. The van der Waals surface area contributed by atoms with Gasteiger partial charge >= 0.3 is 5.97 Å². The molecule has 3 heteroatoms. The number of hydrogen-bond donors (Lipinski definition) is 1. The van der Waals surface area contributed by atoms with Crippen LogP contribution in [0, 0.1) is 0 Å². The van der Waals surface area contributed by atoms with E-state index in [9.17, 15) is 4.79 Å². The molecule has 0 aromatic rings. The van der Waals surface area contributed by atoms with E-state index in [1.54, 1.807) is 0 Å². The molecule has 0 aromatic carbocycles. The zero-order valence-corrected chi connectivity index (χ0v) is 17.8. The standard InChI is InChI=1S/C23H46O3/c1-3-4-5-6-7-10-13-16-19-22(26-2)20-17-14-11-8-9-12-15-18-21-23(24)25/h22H,3-21H2,1-2H3,(H,24,25). The van der Waals surface area contributed by atoms with Crippen molar-refractivity contribution in [1.82, 2.24) is 0 Å². The van der Waals surface area contributed by atoms with E-state index in [1.807, 2.05) is 7.11 Å². The molecule has 0 bridgehead atoms. The third-order valence-electron chi connectivity index (χ3n) is 5.38. The molecule has 0 aliphatic carbocycles. The molecule has 1 unspecified atom stereocenters. The summed E-state index contributed by atoms with van der Waals surface area (Å²) in [5.41, 5.74) is 0. The molecule has 0 heterocycles. The first kappa shape index (κ1) is 25.4. The van der Waals surface area contributed by atoms with Crippen LogP contribution < -0.4 is 0 Å². The summed E-state index contributed by atoms with van der Waals surface area (Å²) < 4.78 is 5.65. The van der Waals surface area contributed by atoms with Crippen molar-refractivity contribution in [2.45, 2.75) is 135 Å². The minimum atomic E-state index is -0.662. The fraction of sp³-hybridized carbons (Fsp3) is 0.957. The highest BCUT2D eigenvalue weighted by Crippen LogP contribution is 2.17. The van der Waals surface area contributed by atoms with Crippen LogP contribution in [0.15, 0.2) is 0 Å². The fourth-order valence-electron chi connectivity index (χ4n) is 3.59. The van der Waals surface area contributed by atoms with Gasteiger partial charge in [0.1, 0.15) is 0 Å². The van der Waals surface area contributed by atoms with Gasteiger partial charge in [0.2, 0.25) is 0 Å². The van der Waals surface area contributed by atoms with Crippen LogP contribution in [0.3, 0.4) is 0 Å². The van der Waals surface area contributed by atoms with E-state index >= 15 is 0 Å². The molecular weight excluding hydrogens is 324 g/mol. The second kappa shape index (κ2) is 20.7. The Labute approximate surface area is 163 Å². The second-order valence-electron chi connectivity index (χ2n) is 7.88. The number of hydrogen-bond acceptors (Lipinski definition) is 2. The van der Waals surface area contributed by atoms with E-state index in [2.05, 4.69) is 6.92 Å². The molecule has 0 rings (SSSR count). The smallest absolute Gasteiger partial charge is 0.303 e. The summed E-state index contributed by atoms with van der Waals surface area (Å²) >= 11 is 0. The average Bonchev–Trinajstić information content (AvgIpc) is 2.63. The molecule has 0 aromatic heterocycles. The molecule has 26 heavy (non-hydrogen) atoms. The molecular formula is C23H46O3. The van der Waals surface area contributed by atoms with Crippen LogP contribution in [0.25, 0.3) is 0 Å². The van der Waals surface area contributed by atoms with Crippen molar-refractivity contribution in [1.29, 1.82) is 0 Å². The SMILES string of the molecule is CCCCCCCCCCC(CCCCCCCCCCC(=O)O)OC. The Kier molecular flexibility index (Phi) is 20.3. The number of aliphatic carboxylic acids is 1. The first-order valence-electron chi connectivity index (χ1n) is 11.4. The highest BCUT2D eigenvalue weighted by molar-refractivity contribution is 5.66. The first-order chi connectivity index (χ1) is 12.7. The van der Waals surface area contributed by atoms with Crippen LogP contribution in [0.2, 0.25) is 0 Å². The van der Waals surface area contributed by atoms with Gasteiger partial charge in [0.25, 0.3) is 0 Å². The van der Waals surface area contributed by atoms with Crippen molar-refractivity contribution in [3.63, 3.8) is 0 Å². The van der Waals surface area contributed by atoms with Gasteiger partial charge < -0.3 is 9.84 Å². The number of rotatable bonds is 21. The Morgan fingerprint density at radius 1 is 0.692 bits per heavy atom. The lowest BCUT2D eigenvalue weighted by Gasteiger charge is -2.15. The Balaban J connectivity index is 3.31. The maximum Gasteiger partial charge on any atom is 0.303 e. The van der Waals surface area contributed by atoms with Gasteiger partial charge in [0.15, 0.2) is 0 Å². The predicted octanol–water partition coefficient (Wildman–Crippen LogP) is 7.52. The van der Waals surface area contributed by atoms with Gasteiger partial charge in [-0.15, -0.1) is 0 Å². The van der Waals surface area contributed by atoms with Gasteiger partial charge in [0.05, 0.1) is 6.10 Å². The number of carboxylic acid groups (broad SMARTS) is 1. The minimum Gasteiger partial charge on any atom is -0.481 e. The highest BCUT2D eigenvalue weighted by atomic mass is 16.5. The molecule has 0 aliphatic heterocycles. The lowest BCUT2D eigenvalue weighted by Crippen LogP contribution is -2.10. The molecule has 0 aliphatic rings. The quantitative estimate of drug-likeness (QED) is 0.212.